The zero-order chi connectivity index (χ0) is 17.3. The second kappa shape index (κ2) is 6.71. The lowest BCUT2D eigenvalue weighted by Crippen LogP contribution is -2.34. The van der Waals surface area contributed by atoms with Crippen LogP contribution in [0.1, 0.15) is 12.5 Å². The first-order chi connectivity index (χ1) is 11.4. The maximum absolute atomic E-state index is 12.2. The van der Waals surface area contributed by atoms with Gasteiger partial charge < -0.3 is 15.4 Å². The number of carbonyl (C=O) groups excluding carboxylic acids is 2. The summed E-state index contributed by atoms with van der Waals surface area (Å²) in [5, 5.41) is 6.47. The van der Waals surface area contributed by atoms with Crippen molar-refractivity contribution in [3.8, 4) is 5.75 Å². The number of rotatable bonds is 3. The largest absolute Gasteiger partial charge is 0.479 e. The number of fused-ring (bicyclic) bond motifs is 1. The molecule has 0 aliphatic carbocycles. The minimum atomic E-state index is -0.537. The number of halogens is 2. The molecule has 2 amide bonds. The fourth-order valence-corrected chi connectivity index (χ4v) is 2.81. The summed E-state index contributed by atoms with van der Waals surface area (Å²) in [6.45, 7) is 1.67. The van der Waals surface area contributed by atoms with Gasteiger partial charge in [-0.2, -0.15) is 0 Å². The molecule has 3 rings (SSSR count). The molecule has 0 fully saturated rings. The minimum Gasteiger partial charge on any atom is -0.479 e. The lowest BCUT2D eigenvalue weighted by atomic mass is 10.1. The molecule has 24 heavy (non-hydrogen) atoms. The zero-order valence-corrected chi connectivity index (χ0v) is 14.2. The summed E-state index contributed by atoms with van der Waals surface area (Å²) in [5.74, 6) is 0.121. The van der Waals surface area contributed by atoms with Gasteiger partial charge in [-0.3, -0.25) is 9.59 Å². The summed E-state index contributed by atoms with van der Waals surface area (Å²) in [5.41, 5.74) is 1.77. The highest BCUT2D eigenvalue weighted by atomic mass is 35.5. The van der Waals surface area contributed by atoms with Crippen LogP contribution in [0.5, 0.6) is 5.75 Å². The molecule has 2 N–H and O–H groups in total. The molecule has 0 spiro atoms. The number of anilines is 2. The van der Waals surface area contributed by atoms with Crippen LogP contribution in [0.25, 0.3) is 0 Å². The SMILES string of the molecule is CC1Oc2ccc(NC(=O)Cc3ccc(Cl)cc3Cl)cc2NC1=O. The zero-order valence-electron chi connectivity index (χ0n) is 12.7. The Bertz CT molecular complexity index is 823. The molecule has 0 radical (unpaired) electrons. The number of nitrogens with one attached hydrogen (secondary N) is 2. The van der Waals surface area contributed by atoms with Crippen molar-refractivity contribution >= 4 is 46.4 Å². The molecule has 124 valence electrons. The van der Waals surface area contributed by atoms with Crippen LogP contribution in [0.2, 0.25) is 10.0 Å². The van der Waals surface area contributed by atoms with Gasteiger partial charge in [0.05, 0.1) is 12.1 Å². The first-order valence-electron chi connectivity index (χ1n) is 7.28. The van der Waals surface area contributed by atoms with Crippen LogP contribution in [-0.2, 0) is 16.0 Å². The van der Waals surface area contributed by atoms with E-state index in [2.05, 4.69) is 10.6 Å². The van der Waals surface area contributed by atoms with Crippen LogP contribution in [-0.4, -0.2) is 17.9 Å². The average molecular weight is 365 g/mol. The van der Waals surface area contributed by atoms with Gasteiger partial charge in [-0.15, -0.1) is 0 Å². The summed E-state index contributed by atoms with van der Waals surface area (Å²) in [6, 6.07) is 10.1. The monoisotopic (exact) mass is 364 g/mol. The Labute approximate surface area is 148 Å². The van der Waals surface area contributed by atoms with Gasteiger partial charge in [-0.25, -0.2) is 0 Å². The van der Waals surface area contributed by atoms with Gasteiger partial charge in [0.2, 0.25) is 5.91 Å². The second-order valence-electron chi connectivity index (χ2n) is 5.42. The molecule has 2 aromatic carbocycles. The van der Waals surface area contributed by atoms with Gasteiger partial charge in [-0.1, -0.05) is 29.3 Å². The molecule has 0 bridgehead atoms. The van der Waals surface area contributed by atoms with E-state index in [1.54, 1.807) is 43.3 Å². The number of hydrogen-bond acceptors (Lipinski definition) is 3. The lowest BCUT2D eigenvalue weighted by Gasteiger charge is -2.23. The molecule has 1 atom stereocenters. The Kier molecular flexibility index (Phi) is 4.64. The molecule has 5 nitrogen and oxygen atoms in total. The van der Waals surface area contributed by atoms with Gasteiger partial charge in [0.1, 0.15) is 5.75 Å². The van der Waals surface area contributed by atoms with Crippen molar-refractivity contribution in [3.63, 3.8) is 0 Å². The molecule has 0 saturated carbocycles. The van der Waals surface area contributed by atoms with E-state index in [9.17, 15) is 9.59 Å². The maximum atomic E-state index is 12.2. The van der Waals surface area contributed by atoms with Crippen molar-refractivity contribution in [2.24, 2.45) is 0 Å². The van der Waals surface area contributed by atoms with Crippen molar-refractivity contribution in [1.82, 2.24) is 0 Å². The number of amides is 2. The first kappa shape index (κ1) is 16.6. The Morgan fingerprint density at radius 2 is 2.04 bits per heavy atom. The van der Waals surface area contributed by atoms with Crippen LogP contribution in [0.4, 0.5) is 11.4 Å². The van der Waals surface area contributed by atoms with Gasteiger partial charge >= 0.3 is 0 Å². The number of benzene rings is 2. The van der Waals surface area contributed by atoms with Crippen LogP contribution in [0, 0.1) is 0 Å². The van der Waals surface area contributed by atoms with Crippen LogP contribution in [0.3, 0.4) is 0 Å². The molecule has 1 aliphatic heterocycles. The Balaban J connectivity index is 1.71. The van der Waals surface area contributed by atoms with E-state index in [1.807, 2.05) is 0 Å². The topological polar surface area (TPSA) is 67.4 Å². The minimum absolute atomic E-state index is 0.118. The van der Waals surface area contributed by atoms with Crippen molar-refractivity contribution in [2.45, 2.75) is 19.4 Å². The van der Waals surface area contributed by atoms with E-state index >= 15 is 0 Å². The van der Waals surface area contributed by atoms with Gasteiger partial charge in [0.15, 0.2) is 6.10 Å². The van der Waals surface area contributed by atoms with Crippen LogP contribution >= 0.6 is 23.2 Å². The summed E-state index contributed by atoms with van der Waals surface area (Å²) in [7, 11) is 0. The molecular formula is C17H14Cl2N2O3. The smallest absolute Gasteiger partial charge is 0.265 e. The molecule has 7 heteroatoms. The van der Waals surface area contributed by atoms with E-state index in [0.29, 0.717) is 32.7 Å². The first-order valence-corrected chi connectivity index (χ1v) is 8.03. The predicted octanol–water partition coefficient (Wildman–Crippen LogP) is 3.89. The maximum Gasteiger partial charge on any atom is 0.265 e. The van der Waals surface area contributed by atoms with Gasteiger partial charge in [0, 0.05) is 15.7 Å². The molecule has 1 unspecified atom stereocenters. The van der Waals surface area contributed by atoms with Crippen LogP contribution in [0.15, 0.2) is 36.4 Å². The predicted molar refractivity (Wildman–Crippen MR) is 94.0 cm³/mol. The highest BCUT2D eigenvalue weighted by Gasteiger charge is 2.23. The number of ether oxygens (including phenoxy) is 1. The van der Waals surface area contributed by atoms with E-state index in [1.165, 1.54) is 0 Å². The van der Waals surface area contributed by atoms with Crippen molar-refractivity contribution in [1.29, 1.82) is 0 Å². The van der Waals surface area contributed by atoms with Crippen molar-refractivity contribution < 1.29 is 14.3 Å². The fraction of sp³-hybridized carbons (Fsp3) is 0.176. The quantitative estimate of drug-likeness (QED) is 0.867. The average Bonchev–Trinajstić information content (AvgIpc) is 2.51. The van der Waals surface area contributed by atoms with Crippen molar-refractivity contribution in [2.75, 3.05) is 10.6 Å². The highest BCUT2D eigenvalue weighted by molar-refractivity contribution is 6.35. The number of hydrogen-bond donors (Lipinski definition) is 2. The normalized spacial score (nSPS) is 16.0. The lowest BCUT2D eigenvalue weighted by molar-refractivity contribution is -0.122. The van der Waals surface area contributed by atoms with E-state index in [-0.39, 0.29) is 18.2 Å². The molecule has 0 aromatic heterocycles. The summed E-state index contributed by atoms with van der Waals surface area (Å²) in [6.07, 6.45) is -0.419. The summed E-state index contributed by atoms with van der Waals surface area (Å²) >= 11 is 11.9. The van der Waals surface area contributed by atoms with E-state index < -0.39 is 6.10 Å². The third kappa shape index (κ3) is 3.63. The second-order valence-corrected chi connectivity index (χ2v) is 6.26. The Hall–Kier alpha value is -2.24. The Morgan fingerprint density at radius 1 is 1.25 bits per heavy atom. The molecule has 1 aliphatic rings. The third-order valence-electron chi connectivity index (χ3n) is 3.56. The standard InChI is InChI=1S/C17H14Cl2N2O3/c1-9-17(23)21-14-8-12(4-5-15(14)24-9)20-16(22)6-10-2-3-11(18)7-13(10)19/h2-5,7-9H,6H2,1H3,(H,20,22)(H,21,23). The fourth-order valence-electron chi connectivity index (χ4n) is 2.33. The summed E-state index contributed by atoms with van der Waals surface area (Å²) in [4.78, 5) is 23.8. The van der Waals surface area contributed by atoms with Gasteiger partial charge in [0.25, 0.3) is 5.91 Å². The summed E-state index contributed by atoms with van der Waals surface area (Å²) < 4.78 is 5.47. The highest BCUT2D eigenvalue weighted by Crippen LogP contribution is 2.32. The van der Waals surface area contributed by atoms with Gasteiger partial charge in [-0.05, 0) is 42.8 Å². The van der Waals surface area contributed by atoms with E-state index in [4.69, 9.17) is 27.9 Å². The number of carbonyl (C=O) groups is 2. The van der Waals surface area contributed by atoms with Crippen molar-refractivity contribution in [3.05, 3.63) is 52.0 Å². The Morgan fingerprint density at radius 3 is 2.79 bits per heavy atom. The van der Waals surface area contributed by atoms with E-state index in [0.717, 1.165) is 0 Å². The molecule has 1 heterocycles. The van der Waals surface area contributed by atoms with Crippen LogP contribution < -0.4 is 15.4 Å². The third-order valence-corrected chi connectivity index (χ3v) is 4.15. The molecule has 0 saturated heterocycles. The molecular weight excluding hydrogens is 351 g/mol. The molecule has 2 aromatic rings.